The number of hydrogen-bond donors (Lipinski definition) is 1. The van der Waals surface area contributed by atoms with E-state index in [4.69, 9.17) is 27.9 Å². The minimum atomic E-state index is -0.261. The molecular weight excluding hydrogens is 391 g/mol. The summed E-state index contributed by atoms with van der Waals surface area (Å²) in [5.74, 6) is 0.324. The minimum Gasteiger partial charge on any atom is -0.484 e. The Bertz CT molecular complexity index is 910. The van der Waals surface area contributed by atoms with Crippen LogP contribution in [0.15, 0.2) is 48.5 Å². The molecule has 0 aliphatic rings. The lowest BCUT2D eigenvalue weighted by molar-refractivity contribution is -0.118. The fourth-order valence-corrected chi connectivity index (χ4v) is 3.66. The third-order valence-electron chi connectivity index (χ3n) is 3.58. The molecule has 0 bridgehead atoms. The van der Waals surface area contributed by atoms with Crippen LogP contribution in [0.5, 0.6) is 5.75 Å². The highest BCUT2D eigenvalue weighted by Crippen LogP contribution is 2.26. The van der Waals surface area contributed by atoms with Gasteiger partial charge < -0.3 is 4.74 Å². The Morgan fingerprint density at radius 1 is 1.15 bits per heavy atom. The smallest absolute Gasteiger partial charge is 0.264 e. The standard InChI is InChI=1S/C19H16Cl2N2O2S/c1-12-17(10-13-3-2-4-15(21)9-13)26-19(22-12)23-18(24)11-25-16-7-5-14(20)6-8-16/h2-9H,10-11H2,1H3,(H,22,23,24). The van der Waals surface area contributed by atoms with Crippen LogP contribution in [-0.4, -0.2) is 17.5 Å². The number of anilines is 1. The fraction of sp³-hybridized carbons (Fsp3) is 0.158. The van der Waals surface area contributed by atoms with Crippen LogP contribution >= 0.6 is 34.5 Å². The van der Waals surface area contributed by atoms with Crippen LogP contribution in [0.1, 0.15) is 16.1 Å². The fourth-order valence-electron chi connectivity index (χ4n) is 2.31. The Balaban J connectivity index is 1.58. The summed E-state index contributed by atoms with van der Waals surface area (Å²) in [6.45, 7) is 1.83. The average molecular weight is 407 g/mol. The lowest BCUT2D eigenvalue weighted by Crippen LogP contribution is -2.20. The van der Waals surface area contributed by atoms with Gasteiger partial charge in [0.1, 0.15) is 5.75 Å². The number of rotatable bonds is 6. The van der Waals surface area contributed by atoms with Gasteiger partial charge in [0.15, 0.2) is 11.7 Å². The maximum Gasteiger partial charge on any atom is 0.264 e. The van der Waals surface area contributed by atoms with Gasteiger partial charge in [-0.2, -0.15) is 0 Å². The molecule has 0 aliphatic carbocycles. The topological polar surface area (TPSA) is 51.2 Å². The summed E-state index contributed by atoms with van der Waals surface area (Å²) in [6.07, 6.45) is 0.723. The van der Waals surface area contributed by atoms with Crippen molar-refractivity contribution in [2.75, 3.05) is 11.9 Å². The van der Waals surface area contributed by atoms with Crippen molar-refractivity contribution in [3.63, 3.8) is 0 Å². The van der Waals surface area contributed by atoms with Gasteiger partial charge >= 0.3 is 0 Å². The zero-order chi connectivity index (χ0) is 18.5. The van der Waals surface area contributed by atoms with E-state index in [0.29, 0.717) is 20.9 Å². The molecule has 0 saturated carbocycles. The number of aryl methyl sites for hydroxylation is 1. The van der Waals surface area contributed by atoms with Crippen molar-refractivity contribution in [1.29, 1.82) is 0 Å². The number of carbonyl (C=O) groups is 1. The SMILES string of the molecule is Cc1nc(NC(=O)COc2ccc(Cl)cc2)sc1Cc1cccc(Cl)c1. The molecule has 3 rings (SSSR count). The number of hydrogen-bond acceptors (Lipinski definition) is 4. The van der Waals surface area contributed by atoms with E-state index >= 15 is 0 Å². The highest BCUT2D eigenvalue weighted by molar-refractivity contribution is 7.15. The molecule has 26 heavy (non-hydrogen) atoms. The number of amides is 1. The van der Waals surface area contributed by atoms with E-state index in [1.54, 1.807) is 24.3 Å². The van der Waals surface area contributed by atoms with E-state index < -0.39 is 0 Å². The molecule has 1 aromatic heterocycles. The van der Waals surface area contributed by atoms with Crippen LogP contribution in [0.3, 0.4) is 0 Å². The molecule has 7 heteroatoms. The van der Waals surface area contributed by atoms with E-state index in [9.17, 15) is 4.79 Å². The van der Waals surface area contributed by atoms with Crippen LogP contribution < -0.4 is 10.1 Å². The highest BCUT2D eigenvalue weighted by Gasteiger charge is 2.12. The Morgan fingerprint density at radius 2 is 1.92 bits per heavy atom. The van der Waals surface area contributed by atoms with Crippen LogP contribution in [0.25, 0.3) is 0 Å². The first-order valence-corrected chi connectivity index (χ1v) is 9.46. The van der Waals surface area contributed by atoms with Crippen molar-refractivity contribution >= 4 is 45.6 Å². The largest absolute Gasteiger partial charge is 0.484 e. The van der Waals surface area contributed by atoms with Gasteiger partial charge in [-0.15, -0.1) is 11.3 Å². The number of aromatic nitrogens is 1. The van der Waals surface area contributed by atoms with Gasteiger partial charge in [0.05, 0.1) is 5.69 Å². The molecule has 0 aliphatic heterocycles. The van der Waals surface area contributed by atoms with E-state index in [1.165, 1.54) is 11.3 Å². The van der Waals surface area contributed by atoms with Gasteiger partial charge in [-0.05, 0) is 48.9 Å². The number of benzene rings is 2. The quantitative estimate of drug-likeness (QED) is 0.598. The molecule has 0 fully saturated rings. The summed E-state index contributed by atoms with van der Waals surface area (Å²) in [5.41, 5.74) is 2.00. The van der Waals surface area contributed by atoms with Gasteiger partial charge in [0.2, 0.25) is 0 Å². The van der Waals surface area contributed by atoms with Gasteiger partial charge in [-0.1, -0.05) is 35.3 Å². The van der Waals surface area contributed by atoms with E-state index in [-0.39, 0.29) is 12.5 Å². The minimum absolute atomic E-state index is 0.0934. The Labute approximate surface area is 165 Å². The second-order valence-corrected chi connectivity index (χ2v) is 7.58. The second kappa shape index (κ2) is 8.54. The summed E-state index contributed by atoms with van der Waals surface area (Å²) < 4.78 is 5.43. The van der Waals surface area contributed by atoms with Crippen molar-refractivity contribution in [3.8, 4) is 5.75 Å². The van der Waals surface area contributed by atoms with Crippen LogP contribution in [-0.2, 0) is 11.2 Å². The normalized spacial score (nSPS) is 10.6. The van der Waals surface area contributed by atoms with Crippen molar-refractivity contribution in [1.82, 2.24) is 4.98 Å². The highest BCUT2D eigenvalue weighted by atomic mass is 35.5. The first-order chi connectivity index (χ1) is 12.5. The van der Waals surface area contributed by atoms with E-state index in [1.807, 2.05) is 31.2 Å². The number of carbonyl (C=O) groups excluding carboxylic acids is 1. The molecule has 0 spiro atoms. The van der Waals surface area contributed by atoms with Gasteiger partial charge in [0, 0.05) is 21.3 Å². The second-order valence-electron chi connectivity index (χ2n) is 5.63. The predicted molar refractivity (Wildman–Crippen MR) is 107 cm³/mol. The molecule has 0 saturated heterocycles. The molecule has 2 aromatic carbocycles. The number of thiazole rings is 1. The number of halogens is 2. The molecule has 1 heterocycles. The Hall–Kier alpha value is -2.08. The summed E-state index contributed by atoms with van der Waals surface area (Å²) >= 11 is 13.3. The van der Waals surface area contributed by atoms with E-state index in [0.717, 1.165) is 22.6 Å². The monoisotopic (exact) mass is 406 g/mol. The first kappa shape index (κ1) is 18.7. The molecular formula is C19H16Cl2N2O2S. The number of nitrogens with one attached hydrogen (secondary N) is 1. The van der Waals surface area contributed by atoms with E-state index in [2.05, 4.69) is 10.3 Å². The number of ether oxygens (including phenoxy) is 1. The third kappa shape index (κ3) is 5.21. The summed E-state index contributed by atoms with van der Waals surface area (Å²) in [7, 11) is 0. The molecule has 134 valence electrons. The van der Waals surface area contributed by atoms with Crippen LogP contribution in [0.4, 0.5) is 5.13 Å². The zero-order valence-electron chi connectivity index (χ0n) is 14.0. The molecule has 0 radical (unpaired) electrons. The van der Waals surface area contributed by atoms with Gasteiger partial charge in [0.25, 0.3) is 5.91 Å². The molecule has 3 aromatic rings. The van der Waals surface area contributed by atoms with Gasteiger partial charge in [-0.25, -0.2) is 4.98 Å². The molecule has 0 atom stereocenters. The zero-order valence-corrected chi connectivity index (χ0v) is 16.3. The van der Waals surface area contributed by atoms with Crippen molar-refractivity contribution < 1.29 is 9.53 Å². The maximum absolute atomic E-state index is 12.1. The maximum atomic E-state index is 12.1. The summed E-state index contributed by atoms with van der Waals surface area (Å²) in [4.78, 5) is 17.6. The van der Waals surface area contributed by atoms with Crippen LogP contribution in [0.2, 0.25) is 10.0 Å². The molecule has 4 nitrogen and oxygen atoms in total. The summed E-state index contributed by atoms with van der Waals surface area (Å²) in [5, 5.41) is 4.66. The van der Waals surface area contributed by atoms with Crippen molar-refractivity contribution in [2.24, 2.45) is 0 Å². The average Bonchev–Trinajstić information content (AvgIpc) is 2.93. The van der Waals surface area contributed by atoms with Crippen molar-refractivity contribution in [3.05, 3.63) is 74.7 Å². The number of nitrogens with zero attached hydrogens (tertiary/aromatic N) is 1. The third-order valence-corrected chi connectivity index (χ3v) is 5.14. The lowest BCUT2D eigenvalue weighted by Gasteiger charge is -2.05. The molecule has 1 N–H and O–H groups in total. The predicted octanol–water partition coefficient (Wildman–Crippen LogP) is 5.37. The first-order valence-electron chi connectivity index (χ1n) is 7.88. The Kier molecular flexibility index (Phi) is 6.14. The van der Waals surface area contributed by atoms with Crippen LogP contribution in [0, 0.1) is 6.92 Å². The Morgan fingerprint density at radius 3 is 2.65 bits per heavy atom. The lowest BCUT2D eigenvalue weighted by atomic mass is 10.1. The molecule has 1 amide bonds. The van der Waals surface area contributed by atoms with Gasteiger partial charge in [-0.3, -0.25) is 10.1 Å². The molecule has 0 unspecified atom stereocenters. The van der Waals surface area contributed by atoms with Crippen molar-refractivity contribution in [2.45, 2.75) is 13.3 Å². The summed E-state index contributed by atoms with van der Waals surface area (Å²) in [6, 6.07) is 14.6.